The molecular weight excluding hydrogens is 587 g/mol. The topological polar surface area (TPSA) is 47.6 Å². The fourth-order valence-electron chi connectivity index (χ4n) is 6.67. The third-order valence-electron chi connectivity index (χ3n) is 9.34. The van der Waals surface area contributed by atoms with Gasteiger partial charge in [0.1, 0.15) is 0 Å². The van der Waals surface area contributed by atoms with Crippen molar-refractivity contribution in [2.24, 2.45) is 0 Å². The summed E-state index contributed by atoms with van der Waals surface area (Å²) < 4.78 is 0. The van der Waals surface area contributed by atoms with Crippen molar-refractivity contribution in [3.8, 4) is 0 Å². The minimum absolute atomic E-state index is 0.0120. The lowest BCUT2D eigenvalue weighted by molar-refractivity contribution is -0.121. The first kappa shape index (κ1) is 34.5. The van der Waals surface area contributed by atoms with Gasteiger partial charge in [-0.15, -0.1) is 11.6 Å². The summed E-state index contributed by atoms with van der Waals surface area (Å²) in [4.78, 5) is 18.3. The Morgan fingerprint density at radius 1 is 0.864 bits per heavy atom. The highest BCUT2D eigenvalue weighted by atomic mass is 35.5. The van der Waals surface area contributed by atoms with Crippen molar-refractivity contribution in [2.45, 2.75) is 70.5 Å². The molecule has 2 N–H and O–H groups in total. The number of halogens is 2. The van der Waals surface area contributed by atoms with E-state index in [-0.39, 0.29) is 17.9 Å². The van der Waals surface area contributed by atoms with Gasteiger partial charge in [0.2, 0.25) is 5.91 Å². The molecule has 0 aromatic heterocycles. The van der Waals surface area contributed by atoms with Crippen LogP contribution in [0.1, 0.15) is 72.3 Å². The third kappa shape index (κ3) is 10.1. The number of hydrogen-bond donors (Lipinski definition) is 2. The van der Waals surface area contributed by atoms with Crippen LogP contribution in [-0.4, -0.2) is 67.4 Å². The van der Waals surface area contributed by atoms with E-state index in [9.17, 15) is 4.79 Å². The van der Waals surface area contributed by atoms with E-state index in [1.807, 2.05) is 24.3 Å². The summed E-state index contributed by atoms with van der Waals surface area (Å²) in [5, 5.41) is 7.47. The summed E-state index contributed by atoms with van der Waals surface area (Å²) in [5.41, 5.74) is 6.71. The van der Waals surface area contributed by atoms with Crippen LogP contribution in [0.3, 0.4) is 0 Å². The Labute approximate surface area is 275 Å². The molecule has 0 saturated carbocycles. The van der Waals surface area contributed by atoms with Gasteiger partial charge in [-0.1, -0.05) is 79.2 Å². The molecule has 1 amide bonds. The average Bonchev–Trinajstić information content (AvgIpc) is 3.56. The van der Waals surface area contributed by atoms with Crippen LogP contribution in [0.2, 0.25) is 5.02 Å². The molecule has 0 bridgehead atoms. The standard InChI is InChI=1S/C36H47ClN4O.CH3Cl/c1-27-9-3-4-10-31(27)23-38-24-36(42)39-35(28(2)29-13-15-33(37)16-14-29)26-41-21-17-30(18-22-41)34-12-6-5-11-32(34)25-40-19-7-8-20-40;1-2/h3-6,9-16,28,30,35,38H,7-8,17-26H2,1-2H3,(H,39,42);1H3. The SMILES string of the molecule is CCl.Cc1ccccc1CNCC(=O)NC(CN1CCC(c2ccccc2CN2CCCC2)CC1)C(C)c1ccc(Cl)cc1. The first-order valence-corrected chi connectivity index (χ1v) is 17.3. The average molecular weight is 638 g/mol. The summed E-state index contributed by atoms with van der Waals surface area (Å²) in [6.45, 7) is 11.8. The Balaban J connectivity index is 0.00000216. The Hall–Kier alpha value is -2.41. The molecular formula is C37H50Cl2N4O. The summed E-state index contributed by atoms with van der Waals surface area (Å²) in [6.07, 6.45) is 6.45. The van der Waals surface area contributed by atoms with Crippen LogP contribution < -0.4 is 10.6 Å². The third-order valence-corrected chi connectivity index (χ3v) is 9.59. The Bertz CT molecular complexity index is 1290. The van der Waals surface area contributed by atoms with Crippen LogP contribution >= 0.6 is 23.2 Å². The lowest BCUT2D eigenvalue weighted by atomic mass is 9.85. The van der Waals surface area contributed by atoms with Crippen LogP contribution in [-0.2, 0) is 17.9 Å². The first-order chi connectivity index (χ1) is 21.5. The maximum absolute atomic E-state index is 13.2. The van der Waals surface area contributed by atoms with Gasteiger partial charge in [0, 0.05) is 43.0 Å². The van der Waals surface area contributed by atoms with Gasteiger partial charge in [-0.25, -0.2) is 0 Å². The lowest BCUT2D eigenvalue weighted by Gasteiger charge is -2.37. The minimum atomic E-state index is 0.0120. The Morgan fingerprint density at radius 2 is 1.50 bits per heavy atom. The zero-order chi connectivity index (χ0) is 31.3. The number of aryl methyl sites for hydroxylation is 1. The number of amides is 1. The molecule has 2 atom stereocenters. The number of benzene rings is 3. The predicted molar refractivity (Wildman–Crippen MR) is 186 cm³/mol. The largest absolute Gasteiger partial charge is 0.350 e. The Kier molecular flexibility index (Phi) is 14.0. The Morgan fingerprint density at radius 3 is 2.18 bits per heavy atom. The lowest BCUT2D eigenvalue weighted by Crippen LogP contribution is -2.50. The molecule has 2 aliphatic rings. The van der Waals surface area contributed by atoms with Gasteiger partial charge in [-0.05, 0) is 105 Å². The quantitative estimate of drug-likeness (QED) is 0.204. The maximum Gasteiger partial charge on any atom is 0.234 e. The molecule has 0 aliphatic carbocycles. The van der Waals surface area contributed by atoms with Crippen LogP contribution in [0.15, 0.2) is 72.8 Å². The molecule has 238 valence electrons. The number of hydrogen-bond acceptors (Lipinski definition) is 4. The molecule has 5 rings (SSSR count). The maximum atomic E-state index is 13.2. The van der Waals surface area contributed by atoms with E-state index in [1.165, 1.54) is 54.6 Å². The number of rotatable bonds is 12. The second-order valence-corrected chi connectivity index (χ2v) is 12.7. The summed E-state index contributed by atoms with van der Waals surface area (Å²) in [6, 6.07) is 25.5. The molecule has 0 radical (unpaired) electrons. The molecule has 3 aromatic rings. The molecule has 2 unspecified atom stereocenters. The highest BCUT2D eigenvalue weighted by Gasteiger charge is 2.28. The number of nitrogens with zero attached hydrogens (tertiary/aromatic N) is 2. The number of carbonyl (C=O) groups is 1. The van der Waals surface area contributed by atoms with Gasteiger partial charge in [0.15, 0.2) is 0 Å². The molecule has 3 aromatic carbocycles. The van der Waals surface area contributed by atoms with Crippen molar-refractivity contribution < 1.29 is 4.79 Å². The van der Waals surface area contributed by atoms with Crippen molar-refractivity contribution in [1.82, 2.24) is 20.4 Å². The molecule has 2 saturated heterocycles. The summed E-state index contributed by atoms with van der Waals surface area (Å²) in [5.74, 6) is 0.814. The highest BCUT2D eigenvalue weighted by Crippen LogP contribution is 2.32. The second-order valence-electron chi connectivity index (χ2n) is 12.3. The van der Waals surface area contributed by atoms with Gasteiger partial charge < -0.3 is 15.5 Å². The van der Waals surface area contributed by atoms with E-state index < -0.39 is 0 Å². The van der Waals surface area contributed by atoms with Crippen LogP contribution in [0, 0.1) is 6.92 Å². The van der Waals surface area contributed by atoms with E-state index in [4.69, 9.17) is 11.6 Å². The molecule has 2 fully saturated rings. The van der Waals surface area contributed by atoms with Gasteiger partial charge >= 0.3 is 0 Å². The summed E-state index contributed by atoms with van der Waals surface area (Å²) in [7, 11) is 0. The molecule has 0 spiro atoms. The minimum Gasteiger partial charge on any atom is -0.350 e. The molecule has 2 aliphatic heterocycles. The van der Waals surface area contributed by atoms with E-state index in [1.54, 1.807) is 5.56 Å². The molecule has 7 heteroatoms. The normalized spacial score (nSPS) is 17.5. The van der Waals surface area contributed by atoms with Crippen molar-refractivity contribution in [3.63, 3.8) is 0 Å². The molecule has 44 heavy (non-hydrogen) atoms. The van der Waals surface area contributed by atoms with Gasteiger partial charge in [0.25, 0.3) is 0 Å². The van der Waals surface area contributed by atoms with E-state index >= 15 is 0 Å². The van der Waals surface area contributed by atoms with Crippen molar-refractivity contribution in [1.29, 1.82) is 0 Å². The first-order valence-electron chi connectivity index (χ1n) is 16.2. The second kappa shape index (κ2) is 17.9. The predicted octanol–water partition coefficient (Wildman–Crippen LogP) is 7.36. The highest BCUT2D eigenvalue weighted by molar-refractivity contribution is 6.30. The number of alkyl halides is 1. The van der Waals surface area contributed by atoms with E-state index in [0.29, 0.717) is 19.0 Å². The smallest absolute Gasteiger partial charge is 0.234 e. The molecule has 5 nitrogen and oxygen atoms in total. The fraction of sp³-hybridized carbons (Fsp3) is 0.486. The number of carbonyl (C=O) groups excluding carboxylic acids is 1. The number of nitrogens with one attached hydrogen (secondary N) is 2. The van der Waals surface area contributed by atoms with E-state index in [2.05, 4.69) is 94.4 Å². The zero-order valence-corrected chi connectivity index (χ0v) is 28.2. The van der Waals surface area contributed by atoms with Crippen LogP contribution in [0.25, 0.3) is 0 Å². The van der Waals surface area contributed by atoms with Gasteiger partial charge in [-0.3, -0.25) is 9.69 Å². The van der Waals surface area contributed by atoms with Crippen molar-refractivity contribution in [3.05, 3.63) is 106 Å². The number of likely N-dealkylation sites (tertiary alicyclic amines) is 2. The zero-order valence-electron chi connectivity index (χ0n) is 26.7. The monoisotopic (exact) mass is 636 g/mol. The fourth-order valence-corrected chi connectivity index (χ4v) is 6.79. The number of piperidine rings is 1. The van der Waals surface area contributed by atoms with Crippen molar-refractivity contribution >= 4 is 29.1 Å². The van der Waals surface area contributed by atoms with Crippen LogP contribution in [0.5, 0.6) is 0 Å². The van der Waals surface area contributed by atoms with Crippen LogP contribution in [0.4, 0.5) is 0 Å². The van der Waals surface area contributed by atoms with Crippen molar-refractivity contribution in [2.75, 3.05) is 45.7 Å². The van der Waals surface area contributed by atoms with E-state index in [0.717, 1.165) is 44.0 Å². The molecule has 2 heterocycles. The summed E-state index contributed by atoms with van der Waals surface area (Å²) >= 11 is 10.8. The van der Waals surface area contributed by atoms with Gasteiger partial charge in [-0.2, -0.15) is 0 Å². The van der Waals surface area contributed by atoms with Gasteiger partial charge in [0.05, 0.1) is 6.54 Å².